The number of thioether (sulfide) groups is 1. The van der Waals surface area contributed by atoms with Crippen molar-refractivity contribution in [3.8, 4) is 0 Å². The molecule has 8 heteroatoms. The van der Waals surface area contributed by atoms with Crippen molar-refractivity contribution in [2.45, 2.75) is 23.9 Å². The van der Waals surface area contributed by atoms with Crippen molar-refractivity contribution < 1.29 is 9.18 Å². The average molecular weight is 389 g/mol. The predicted octanol–water partition coefficient (Wildman–Crippen LogP) is 3.12. The molecule has 134 valence electrons. The lowest BCUT2D eigenvalue weighted by Crippen LogP contribution is -2.25. The molecule has 0 fully saturated rings. The lowest BCUT2D eigenvalue weighted by Gasteiger charge is -2.06. The topological polar surface area (TPSA) is 74.8 Å². The fraction of sp³-hybridized carbons (Fsp3) is 0.167. The number of nitrogens with one attached hydrogen (secondary N) is 2. The summed E-state index contributed by atoms with van der Waals surface area (Å²) in [6.07, 6.45) is 0.0306. The van der Waals surface area contributed by atoms with Gasteiger partial charge in [-0.2, -0.15) is 0 Å². The molecular weight excluding hydrogens is 373 g/mol. The molecule has 1 aromatic carbocycles. The van der Waals surface area contributed by atoms with Gasteiger partial charge in [0.05, 0.1) is 18.7 Å². The molecule has 0 bridgehead atoms. The number of aromatic amines is 1. The van der Waals surface area contributed by atoms with Crippen LogP contribution in [0.5, 0.6) is 0 Å². The highest BCUT2D eigenvalue weighted by Crippen LogP contribution is 2.19. The molecule has 5 nitrogen and oxygen atoms in total. The molecule has 0 aliphatic rings. The average Bonchev–Trinajstić information content (AvgIpc) is 3.11. The first-order chi connectivity index (χ1) is 12.6. The van der Waals surface area contributed by atoms with Crippen LogP contribution >= 0.6 is 23.1 Å². The van der Waals surface area contributed by atoms with Gasteiger partial charge < -0.3 is 10.3 Å². The van der Waals surface area contributed by atoms with E-state index in [1.54, 1.807) is 23.5 Å². The first-order valence-electron chi connectivity index (χ1n) is 7.85. The Kier molecular flexibility index (Phi) is 6.19. The highest BCUT2D eigenvalue weighted by molar-refractivity contribution is 7.98. The van der Waals surface area contributed by atoms with E-state index in [1.165, 1.54) is 30.0 Å². The molecule has 3 aromatic rings. The van der Waals surface area contributed by atoms with Crippen molar-refractivity contribution in [1.29, 1.82) is 0 Å². The number of benzene rings is 1. The molecule has 0 unspecified atom stereocenters. The summed E-state index contributed by atoms with van der Waals surface area (Å²) >= 11 is 2.85. The minimum Gasteiger partial charge on any atom is -0.351 e. The maximum atomic E-state index is 13.2. The summed E-state index contributed by atoms with van der Waals surface area (Å²) in [6, 6.07) is 11.4. The minimum atomic E-state index is -0.317. The first-order valence-corrected chi connectivity index (χ1v) is 9.71. The Balaban J connectivity index is 1.59. The van der Waals surface area contributed by atoms with Crippen LogP contribution in [-0.2, 0) is 23.5 Å². The second kappa shape index (κ2) is 8.77. The lowest BCUT2D eigenvalue weighted by atomic mass is 10.2. The SMILES string of the molecule is O=C(Cc1cc(=O)[nH]c(SCc2cccc(F)c2)n1)NCc1cccs1. The third kappa shape index (κ3) is 5.53. The summed E-state index contributed by atoms with van der Waals surface area (Å²) in [6.45, 7) is 0.459. The first kappa shape index (κ1) is 18.3. The van der Waals surface area contributed by atoms with Crippen LogP contribution in [0, 0.1) is 5.82 Å². The van der Waals surface area contributed by atoms with Gasteiger partial charge in [-0.05, 0) is 29.1 Å². The summed E-state index contributed by atoms with van der Waals surface area (Å²) in [5.41, 5.74) is 0.874. The Morgan fingerprint density at radius 1 is 1.27 bits per heavy atom. The van der Waals surface area contributed by atoms with Crippen molar-refractivity contribution in [3.63, 3.8) is 0 Å². The van der Waals surface area contributed by atoms with E-state index < -0.39 is 0 Å². The number of aromatic nitrogens is 2. The molecule has 0 atom stereocenters. The highest BCUT2D eigenvalue weighted by Gasteiger charge is 2.08. The van der Waals surface area contributed by atoms with E-state index in [0.29, 0.717) is 23.1 Å². The molecule has 2 aromatic heterocycles. The second-order valence-corrected chi connectivity index (χ2v) is 7.49. The maximum absolute atomic E-state index is 13.2. The van der Waals surface area contributed by atoms with Crippen LogP contribution in [0.4, 0.5) is 4.39 Å². The normalized spacial score (nSPS) is 10.7. The van der Waals surface area contributed by atoms with Crippen LogP contribution in [0.25, 0.3) is 0 Å². The molecule has 0 saturated heterocycles. The van der Waals surface area contributed by atoms with Gasteiger partial charge in [0.15, 0.2) is 5.16 Å². The number of halogens is 1. The van der Waals surface area contributed by atoms with Gasteiger partial charge in [0.25, 0.3) is 5.56 Å². The van der Waals surface area contributed by atoms with E-state index >= 15 is 0 Å². The van der Waals surface area contributed by atoms with E-state index in [4.69, 9.17) is 0 Å². The lowest BCUT2D eigenvalue weighted by molar-refractivity contribution is -0.120. The molecular formula is C18H16FN3O2S2. The third-order valence-electron chi connectivity index (χ3n) is 3.42. The van der Waals surface area contributed by atoms with E-state index in [-0.39, 0.29) is 23.7 Å². The number of amides is 1. The van der Waals surface area contributed by atoms with Crippen LogP contribution < -0.4 is 10.9 Å². The number of H-pyrrole nitrogens is 1. The zero-order chi connectivity index (χ0) is 18.4. The van der Waals surface area contributed by atoms with Gasteiger partial charge in [-0.1, -0.05) is 30.0 Å². The zero-order valence-corrected chi connectivity index (χ0v) is 15.3. The van der Waals surface area contributed by atoms with E-state index in [1.807, 2.05) is 17.5 Å². The number of hydrogen-bond donors (Lipinski definition) is 2. The van der Waals surface area contributed by atoms with Crippen LogP contribution in [0.2, 0.25) is 0 Å². The van der Waals surface area contributed by atoms with Crippen LogP contribution in [0.15, 0.2) is 57.8 Å². The number of carbonyl (C=O) groups excluding carboxylic acids is 1. The number of nitrogens with zero attached hydrogens (tertiary/aromatic N) is 1. The third-order valence-corrected chi connectivity index (χ3v) is 5.24. The quantitative estimate of drug-likeness (QED) is 0.481. The summed E-state index contributed by atoms with van der Waals surface area (Å²) < 4.78 is 13.2. The highest BCUT2D eigenvalue weighted by atomic mass is 32.2. The van der Waals surface area contributed by atoms with Gasteiger partial charge >= 0.3 is 0 Å². The number of rotatable bonds is 7. The van der Waals surface area contributed by atoms with Crippen molar-refractivity contribution in [2.24, 2.45) is 0 Å². The Hall–Kier alpha value is -2.45. The van der Waals surface area contributed by atoms with Crippen LogP contribution in [-0.4, -0.2) is 15.9 Å². The molecule has 0 saturated carbocycles. The standard InChI is InChI=1S/C18H16FN3O2S2/c19-13-4-1-3-12(7-13)11-26-18-21-14(9-17(24)22-18)8-16(23)20-10-15-5-2-6-25-15/h1-7,9H,8,10-11H2,(H,20,23)(H,21,22,24). The zero-order valence-electron chi connectivity index (χ0n) is 13.7. The largest absolute Gasteiger partial charge is 0.351 e. The molecule has 0 aliphatic heterocycles. The maximum Gasteiger partial charge on any atom is 0.251 e. The van der Waals surface area contributed by atoms with Gasteiger partial charge in [0.1, 0.15) is 5.82 Å². The fourth-order valence-electron chi connectivity index (χ4n) is 2.25. The number of carbonyl (C=O) groups is 1. The van der Waals surface area contributed by atoms with Crippen molar-refractivity contribution in [3.05, 3.63) is 80.2 Å². The summed E-state index contributed by atoms with van der Waals surface area (Å²) in [4.78, 5) is 31.8. The smallest absolute Gasteiger partial charge is 0.251 e. The molecule has 1 amide bonds. The van der Waals surface area contributed by atoms with Gasteiger partial charge in [0.2, 0.25) is 5.91 Å². The van der Waals surface area contributed by atoms with Gasteiger partial charge in [-0.3, -0.25) is 9.59 Å². The second-order valence-electron chi connectivity index (χ2n) is 5.49. The molecule has 26 heavy (non-hydrogen) atoms. The van der Waals surface area contributed by atoms with Crippen molar-refractivity contribution >= 4 is 29.0 Å². The summed E-state index contributed by atoms with van der Waals surface area (Å²) in [5.74, 6) is -0.0346. The molecule has 0 spiro atoms. The molecule has 2 N–H and O–H groups in total. The molecule has 2 heterocycles. The monoisotopic (exact) mass is 389 g/mol. The Morgan fingerprint density at radius 2 is 2.15 bits per heavy atom. The summed E-state index contributed by atoms with van der Waals surface area (Å²) in [5, 5.41) is 5.16. The molecule has 0 aliphatic carbocycles. The van der Waals surface area contributed by atoms with E-state index in [0.717, 1.165) is 10.4 Å². The van der Waals surface area contributed by atoms with Gasteiger partial charge in [-0.15, -0.1) is 11.3 Å². The van der Waals surface area contributed by atoms with E-state index in [9.17, 15) is 14.0 Å². The van der Waals surface area contributed by atoms with Crippen molar-refractivity contribution in [2.75, 3.05) is 0 Å². The fourth-order valence-corrected chi connectivity index (χ4v) is 3.73. The van der Waals surface area contributed by atoms with Crippen LogP contribution in [0.1, 0.15) is 16.1 Å². The van der Waals surface area contributed by atoms with Gasteiger partial charge in [-0.25, -0.2) is 9.37 Å². The van der Waals surface area contributed by atoms with Gasteiger partial charge in [0, 0.05) is 16.7 Å². The molecule has 3 rings (SSSR count). The predicted molar refractivity (Wildman–Crippen MR) is 101 cm³/mol. The van der Waals surface area contributed by atoms with Crippen LogP contribution in [0.3, 0.4) is 0 Å². The Morgan fingerprint density at radius 3 is 2.92 bits per heavy atom. The summed E-state index contributed by atoms with van der Waals surface area (Å²) in [7, 11) is 0. The van der Waals surface area contributed by atoms with E-state index in [2.05, 4.69) is 15.3 Å². The molecule has 0 radical (unpaired) electrons. The Bertz CT molecular complexity index is 942. The minimum absolute atomic E-state index is 0.0306. The number of hydrogen-bond acceptors (Lipinski definition) is 5. The van der Waals surface area contributed by atoms with Crippen molar-refractivity contribution in [1.82, 2.24) is 15.3 Å². The Labute approximate surface area is 157 Å². The number of thiophene rings is 1.